The molecule has 0 aliphatic carbocycles. The van der Waals surface area contributed by atoms with E-state index in [1.165, 1.54) is 23.9 Å². The summed E-state index contributed by atoms with van der Waals surface area (Å²) in [5.41, 5.74) is 0.745. The lowest BCUT2D eigenvalue weighted by Crippen LogP contribution is -2.33. The van der Waals surface area contributed by atoms with Gasteiger partial charge in [0.2, 0.25) is 11.8 Å². The van der Waals surface area contributed by atoms with Crippen LogP contribution in [0.15, 0.2) is 29.4 Å². The van der Waals surface area contributed by atoms with Crippen molar-refractivity contribution < 1.29 is 14.0 Å². The van der Waals surface area contributed by atoms with E-state index in [0.29, 0.717) is 31.2 Å². The van der Waals surface area contributed by atoms with E-state index in [1.54, 1.807) is 24.1 Å². The Balaban J connectivity index is 1.64. The van der Waals surface area contributed by atoms with Crippen LogP contribution in [0.4, 0.5) is 4.39 Å². The van der Waals surface area contributed by atoms with Crippen LogP contribution in [-0.4, -0.2) is 55.2 Å². The molecule has 1 aromatic carbocycles. The van der Waals surface area contributed by atoms with Gasteiger partial charge >= 0.3 is 0 Å². The zero-order valence-electron chi connectivity index (χ0n) is 18.4. The van der Waals surface area contributed by atoms with Crippen LogP contribution in [0.5, 0.6) is 0 Å². The predicted molar refractivity (Wildman–Crippen MR) is 118 cm³/mol. The third kappa shape index (κ3) is 6.06. The van der Waals surface area contributed by atoms with Crippen molar-refractivity contribution >= 4 is 23.6 Å². The van der Waals surface area contributed by atoms with E-state index < -0.39 is 0 Å². The molecule has 1 aromatic heterocycles. The fourth-order valence-corrected chi connectivity index (χ4v) is 4.77. The second-order valence-corrected chi connectivity index (χ2v) is 9.16. The van der Waals surface area contributed by atoms with Gasteiger partial charge in [-0.2, -0.15) is 0 Å². The normalized spacial score (nSPS) is 15.6. The zero-order chi connectivity index (χ0) is 22.4. The molecule has 1 saturated heterocycles. The molecule has 1 unspecified atom stereocenters. The molecule has 2 amide bonds. The summed E-state index contributed by atoms with van der Waals surface area (Å²) in [6.07, 6.45) is 3.62. The number of thioether (sulfide) groups is 1. The molecule has 2 heterocycles. The largest absolute Gasteiger partial charge is 0.340 e. The van der Waals surface area contributed by atoms with Crippen LogP contribution < -0.4 is 0 Å². The Labute approximate surface area is 187 Å². The molecule has 0 saturated carbocycles. The van der Waals surface area contributed by atoms with E-state index in [9.17, 15) is 14.0 Å². The van der Waals surface area contributed by atoms with Gasteiger partial charge in [0, 0.05) is 33.1 Å². The Bertz CT molecular complexity index is 919. The van der Waals surface area contributed by atoms with Crippen molar-refractivity contribution in [2.75, 3.05) is 13.6 Å². The standard InChI is InChI=1S/C22H30FN5O2S/c1-4-28-19(15-27-12-7-5-6-11-20(27)29)24-25-22(28)31-16(2)21(30)26(3)14-17-9-8-10-18(23)13-17/h8-10,13,16H,4-7,11-12,14-15H2,1-3H3. The average molecular weight is 448 g/mol. The Morgan fingerprint density at radius 3 is 2.84 bits per heavy atom. The van der Waals surface area contributed by atoms with Crippen molar-refractivity contribution in [3.8, 4) is 0 Å². The van der Waals surface area contributed by atoms with Crippen LogP contribution in [-0.2, 0) is 29.2 Å². The van der Waals surface area contributed by atoms with Crippen molar-refractivity contribution in [3.63, 3.8) is 0 Å². The van der Waals surface area contributed by atoms with Gasteiger partial charge in [0.15, 0.2) is 11.0 Å². The minimum absolute atomic E-state index is 0.0656. The van der Waals surface area contributed by atoms with Gasteiger partial charge in [-0.1, -0.05) is 30.3 Å². The highest BCUT2D eigenvalue weighted by molar-refractivity contribution is 8.00. The monoisotopic (exact) mass is 447 g/mol. The van der Waals surface area contributed by atoms with Crippen LogP contribution in [0.25, 0.3) is 0 Å². The van der Waals surface area contributed by atoms with E-state index in [2.05, 4.69) is 10.2 Å². The molecule has 3 rings (SSSR count). The van der Waals surface area contributed by atoms with Gasteiger partial charge in [0.1, 0.15) is 5.82 Å². The minimum Gasteiger partial charge on any atom is -0.340 e. The van der Waals surface area contributed by atoms with E-state index in [4.69, 9.17) is 0 Å². The number of carbonyl (C=O) groups excluding carboxylic acids is 2. The highest BCUT2D eigenvalue weighted by atomic mass is 32.2. The first-order chi connectivity index (χ1) is 14.9. The number of hydrogen-bond donors (Lipinski definition) is 0. The summed E-state index contributed by atoms with van der Waals surface area (Å²) in [4.78, 5) is 28.6. The van der Waals surface area contributed by atoms with Gasteiger partial charge in [-0.05, 0) is 44.4 Å². The fourth-order valence-electron chi connectivity index (χ4n) is 3.72. The Hall–Kier alpha value is -2.42. The second kappa shape index (κ2) is 10.7. The summed E-state index contributed by atoms with van der Waals surface area (Å²) in [5.74, 6) is 0.532. The third-order valence-electron chi connectivity index (χ3n) is 5.43. The number of benzene rings is 1. The molecule has 0 N–H and O–H groups in total. The predicted octanol–water partition coefficient (Wildman–Crippen LogP) is 3.48. The maximum absolute atomic E-state index is 13.4. The molecule has 2 aromatic rings. The molecule has 0 radical (unpaired) electrons. The van der Waals surface area contributed by atoms with Crippen LogP contribution in [0.3, 0.4) is 0 Å². The van der Waals surface area contributed by atoms with Crippen LogP contribution in [0, 0.1) is 5.82 Å². The van der Waals surface area contributed by atoms with Crippen molar-refractivity contribution in [1.29, 1.82) is 0 Å². The SMILES string of the molecule is CCn1c(CN2CCCCCC2=O)nnc1SC(C)C(=O)N(C)Cc1cccc(F)c1. The van der Waals surface area contributed by atoms with Crippen LogP contribution >= 0.6 is 11.8 Å². The molecule has 1 aliphatic rings. The third-order valence-corrected chi connectivity index (χ3v) is 6.50. The molecule has 1 aliphatic heterocycles. The van der Waals surface area contributed by atoms with Gasteiger partial charge in [-0.25, -0.2) is 4.39 Å². The summed E-state index contributed by atoms with van der Waals surface area (Å²) < 4.78 is 15.4. The number of rotatable bonds is 8. The van der Waals surface area contributed by atoms with Gasteiger partial charge in [0.25, 0.3) is 0 Å². The van der Waals surface area contributed by atoms with Crippen LogP contribution in [0.2, 0.25) is 0 Å². The van der Waals surface area contributed by atoms with Crippen LogP contribution in [0.1, 0.15) is 50.9 Å². The van der Waals surface area contributed by atoms with Gasteiger partial charge in [-0.15, -0.1) is 10.2 Å². The van der Waals surface area contributed by atoms with Gasteiger partial charge < -0.3 is 14.4 Å². The van der Waals surface area contributed by atoms with Gasteiger partial charge in [0.05, 0.1) is 11.8 Å². The van der Waals surface area contributed by atoms with Crippen molar-refractivity contribution in [2.24, 2.45) is 0 Å². The van der Waals surface area contributed by atoms with Crippen molar-refractivity contribution in [3.05, 3.63) is 41.5 Å². The average Bonchev–Trinajstić information content (AvgIpc) is 3.00. The lowest BCUT2D eigenvalue weighted by atomic mass is 10.2. The number of nitrogens with zero attached hydrogens (tertiary/aromatic N) is 5. The number of hydrogen-bond acceptors (Lipinski definition) is 5. The summed E-state index contributed by atoms with van der Waals surface area (Å²) in [7, 11) is 1.71. The molecule has 0 spiro atoms. The Kier molecular flexibility index (Phi) is 8.06. The molecule has 0 bridgehead atoms. The summed E-state index contributed by atoms with van der Waals surface area (Å²) >= 11 is 1.35. The molecule has 168 valence electrons. The number of likely N-dealkylation sites (tertiary alicyclic amines) is 1. The maximum Gasteiger partial charge on any atom is 0.235 e. The van der Waals surface area contributed by atoms with E-state index in [-0.39, 0.29) is 22.9 Å². The fraction of sp³-hybridized carbons (Fsp3) is 0.545. The molecule has 1 fully saturated rings. The molecular formula is C22H30FN5O2S. The molecule has 31 heavy (non-hydrogen) atoms. The molecule has 9 heteroatoms. The summed E-state index contributed by atoms with van der Waals surface area (Å²) in [6, 6.07) is 6.26. The lowest BCUT2D eigenvalue weighted by Gasteiger charge is -2.22. The highest BCUT2D eigenvalue weighted by Gasteiger charge is 2.24. The number of aromatic nitrogens is 3. The Morgan fingerprint density at radius 2 is 2.10 bits per heavy atom. The molecular weight excluding hydrogens is 417 g/mol. The van der Waals surface area contributed by atoms with E-state index in [1.807, 2.05) is 23.3 Å². The number of halogens is 1. The number of amides is 2. The summed E-state index contributed by atoms with van der Waals surface area (Å²) in [6.45, 7) is 6.03. The zero-order valence-corrected chi connectivity index (χ0v) is 19.2. The van der Waals surface area contributed by atoms with E-state index in [0.717, 1.165) is 37.2 Å². The molecule has 7 nitrogen and oxygen atoms in total. The van der Waals surface area contributed by atoms with Crippen molar-refractivity contribution in [1.82, 2.24) is 24.6 Å². The Morgan fingerprint density at radius 1 is 1.29 bits per heavy atom. The quantitative estimate of drug-likeness (QED) is 0.580. The van der Waals surface area contributed by atoms with E-state index >= 15 is 0 Å². The number of carbonyl (C=O) groups is 2. The maximum atomic E-state index is 13.4. The lowest BCUT2D eigenvalue weighted by molar-refractivity contribution is -0.131. The highest BCUT2D eigenvalue weighted by Crippen LogP contribution is 2.25. The molecule has 1 atom stereocenters. The van der Waals surface area contributed by atoms with Gasteiger partial charge in [-0.3, -0.25) is 9.59 Å². The first-order valence-electron chi connectivity index (χ1n) is 10.7. The summed E-state index contributed by atoms with van der Waals surface area (Å²) in [5, 5.41) is 8.90. The first kappa shape index (κ1) is 23.2. The topological polar surface area (TPSA) is 71.3 Å². The van der Waals surface area contributed by atoms with Crippen molar-refractivity contribution in [2.45, 2.75) is 69.6 Å². The smallest absolute Gasteiger partial charge is 0.235 e. The first-order valence-corrected chi connectivity index (χ1v) is 11.6. The second-order valence-electron chi connectivity index (χ2n) is 7.85. The minimum atomic E-state index is -0.374.